The lowest BCUT2D eigenvalue weighted by Crippen LogP contribution is -2.27. The molecule has 0 radical (unpaired) electrons. The zero-order valence-electron chi connectivity index (χ0n) is 10.4. The smallest absolute Gasteiger partial charge is 0.120 e. The van der Waals surface area contributed by atoms with Gasteiger partial charge in [-0.05, 0) is 50.9 Å². The van der Waals surface area contributed by atoms with E-state index in [0.29, 0.717) is 12.2 Å². The zero-order chi connectivity index (χ0) is 12.3. The van der Waals surface area contributed by atoms with Crippen LogP contribution in [0, 0.1) is 6.92 Å². The lowest BCUT2D eigenvalue weighted by molar-refractivity contribution is 0.182. The van der Waals surface area contributed by atoms with Crippen molar-refractivity contribution in [3.8, 4) is 5.75 Å². The molecule has 2 rings (SSSR count). The summed E-state index contributed by atoms with van der Waals surface area (Å²) in [5.74, 6) is 0.357. The van der Waals surface area contributed by atoms with E-state index in [0.717, 1.165) is 24.2 Å². The number of phenols is 1. The molecule has 3 nitrogen and oxygen atoms in total. The molecule has 2 N–H and O–H groups in total. The number of benzene rings is 1. The second kappa shape index (κ2) is 5.52. The van der Waals surface area contributed by atoms with Crippen molar-refractivity contribution in [2.24, 2.45) is 0 Å². The van der Waals surface area contributed by atoms with Gasteiger partial charge in [-0.25, -0.2) is 0 Å². The molecule has 1 aromatic rings. The molecule has 1 fully saturated rings. The van der Waals surface area contributed by atoms with Crippen LogP contribution in [-0.2, 0) is 0 Å². The SMILES string of the molecule is Cc1cccc(O)c1C(CCO)N1CCCC1. The molecule has 94 valence electrons. The molecule has 0 amide bonds. The van der Waals surface area contributed by atoms with Gasteiger partial charge in [0.2, 0.25) is 0 Å². The summed E-state index contributed by atoms with van der Waals surface area (Å²) in [5.41, 5.74) is 2.10. The molecule has 0 saturated carbocycles. The Hall–Kier alpha value is -1.06. The minimum atomic E-state index is 0.156. The second-order valence-corrected chi connectivity index (χ2v) is 4.78. The topological polar surface area (TPSA) is 43.7 Å². The molecule has 1 saturated heterocycles. The van der Waals surface area contributed by atoms with Gasteiger partial charge in [0, 0.05) is 18.2 Å². The predicted octanol–water partition coefficient (Wildman–Crippen LogP) is 2.22. The Labute approximate surface area is 103 Å². The fourth-order valence-corrected chi connectivity index (χ4v) is 2.78. The normalized spacial score (nSPS) is 18.5. The van der Waals surface area contributed by atoms with Crippen molar-refractivity contribution in [1.82, 2.24) is 4.90 Å². The van der Waals surface area contributed by atoms with E-state index in [1.165, 1.54) is 12.8 Å². The van der Waals surface area contributed by atoms with Crippen molar-refractivity contribution in [2.45, 2.75) is 32.2 Å². The summed E-state index contributed by atoms with van der Waals surface area (Å²) in [4.78, 5) is 2.37. The summed E-state index contributed by atoms with van der Waals surface area (Å²) in [7, 11) is 0. The molecule has 0 spiro atoms. The van der Waals surface area contributed by atoms with Crippen LogP contribution in [0.3, 0.4) is 0 Å². The van der Waals surface area contributed by atoms with Crippen LogP contribution in [0.25, 0.3) is 0 Å². The number of hydrogen-bond donors (Lipinski definition) is 2. The maximum Gasteiger partial charge on any atom is 0.120 e. The fraction of sp³-hybridized carbons (Fsp3) is 0.571. The van der Waals surface area contributed by atoms with Crippen molar-refractivity contribution in [1.29, 1.82) is 0 Å². The summed E-state index contributed by atoms with van der Waals surface area (Å²) in [6.45, 7) is 4.32. The van der Waals surface area contributed by atoms with Crippen LogP contribution in [0.15, 0.2) is 18.2 Å². The van der Waals surface area contributed by atoms with E-state index in [2.05, 4.69) is 4.90 Å². The molecule has 1 aromatic carbocycles. The van der Waals surface area contributed by atoms with Crippen molar-refractivity contribution in [3.05, 3.63) is 29.3 Å². The lowest BCUT2D eigenvalue weighted by atomic mass is 9.96. The Morgan fingerprint density at radius 3 is 2.59 bits per heavy atom. The van der Waals surface area contributed by atoms with E-state index < -0.39 is 0 Å². The first-order valence-corrected chi connectivity index (χ1v) is 6.37. The fourth-order valence-electron chi connectivity index (χ4n) is 2.78. The Balaban J connectivity index is 2.31. The quantitative estimate of drug-likeness (QED) is 0.841. The van der Waals surface area contributed by atoms with Crippen LogP contribution in [-0.4, -0.2) is 34.8 Å². The standard InChI is InChI=1S/C14H21NO2/c1-11-5-4-6-13(17)14(11)12(7-10-16)15-8-2-3-9-15/h4-6,12,16-17H,2-3,7-10H2,1H3. The Bertz CT molecular complexity index is 352. The van der Waals surface area contributed by atoms with Gasteiger partial charge in [-0.15, -0.1) is 0 Å². The van der Waals surface area contributed by atoms with Crippen molar-refractivity contribution in [3.63, 3.8) is 0 Å². The van der Waals surface area contributed by atoms with E-state index in [1.54, 1.807) is 6.07 Å². The summed E-state index contributed by atoms with van der Waals surface area (Å²) in [6.07, 6.45) is 3.13. The molecule has 0 aromatic heterocycles. The average molecular weight is 235 g/mol. The maximum absolute atomic E-state index is 10.0. The first-order chi connectivity index (χ1) is 8.24. The highest BCUT2D eigenvalue weighted by molar-refractivity contribution is 5.41. The number of hydrogen-bond acceptors (Lipinski definition) is 3. The third-order valence-electron chi connectivity index (χ3n) is 3.62. The van der Waals surface area contributed by atoms with E-state index in [-0.39, 0.29) is 12.6 Å². The number of aliphatic hydroxyl groups is 1. The minimum absolute atomic E-state index is 0.156. The highest BCUT2D eigenvalue weighted by Gasteiger charge is 2.26. The van der Waals surface area contributed by atoms with Crippen LogP contribution in [0.2, 0.25) is 0 Å². The van der Waals surface area contributed by atoms with Crippen molar-refractivity contribution < 1.29 is 10.2 Å². The van der Waals surface area contributed by atoms with E-state index in [9.17, 15) is 10.2 Å². The Morgan fingerprint density at radius 2 is 2.00 bits per heavy atom. The van der Waals surface area contributed by atoms with Crippen molar-refractivity contribution in [2.75, 3.05) is 19.7 Å². The third kappa shape index (κ3) is 2.61. The summed E-state index contributed by atoms with van der Waals surface area (Å²) >= 11 is 0. The van der Waals surface area contributed by atoms with Crippen molar-refractivity contribution >= 4 is 0 Å². The van der Waals surface area contributed by atoms with Gasteiger partial charge in [-0.1, -0.05) is 12.1 Å². The molecule has 3 heteroatoms. The second-order valence-electron chi connectivity index (χ2n) is 4.78. The van der Waals surface area contributed by atoms with Gasteiger partial charge in [0.05, 0.1) is 0 Å². The van der Waals surface area contributed by atoms with Gasteiger partial charge >= 0.3 is 0 Å². The molecule has 1 atom stereocenters. The summed E-state index contributed by atoms with van der Waals surface area (Å²) in [6, 6.07) is 5.79. The van der Waals surface area contributed by atoms with Gasteiger partial charge in [0.1, 0.15) is 5.75 Å². The molecule has 1 unspecified atom stereocenters. The number of nitrogens with zero attached hydrogens (tertiary/aromatic N) is 1. The number of phenolic OH excluding ortho intramolecular Hbond substituents is 1. The molecule has 0 aliphatic carbocycles. The third-order valence-corrected chi connectivity index (χ3v) is 3.62. The molecule has 0 bridgehead atoms. The van der Waals surface area contributed by atoms with Crippen LogP contribution < -0.4 is 0 Å². The molecular weight excluding hydrogens is 214 g/mol. The van der Waals surface area contributed by atoms with Crippen LogP contribution >= 0.6 is 0 Å². The van der Waals surface area contributed by atoms with Crippen LogP contribution in [0.5, 0.6) is 5.75 Å². The Kier molecular flexibility index (Phi) is 4.02. The van der Waals surface area contributed by atoms with Gasteiger partial charge in [-0.2, -0.15) is 0 Å². The number of aryl methyl sites for hydroxylation is 1. The lowest BCUT2D eigenvalue weighted by Gasteiger charge is -2.29. The number of aliphatic hydroxyl groups excluding tert-OH is 1. The number of aromatic hydroxyl groups is 1. The highest BCUT2D eigenvalue weighted by Crippen LogP contribution is 2.35. The van der Waals surface area contributed by atoms with Gasteiger partial charge in [0.15, 0.2) is 0 Å². The van der Waals surface area contributed by atoms with Crippen LogP contribution in [0.1, 0.15) is 36.4 Å². The summed E-state index contributed by atoms with van der Waals surface area (Å²) < 4.78 is 0. The Morgan fingerprint density at radius 1 is 1.29 bits per heavy atom. The van der Waals surface area contributed by atoms with E-state index in [1.807, 2.05) is 19.1 Å². The van der Waals surface area contributed by atoms with E-state index in [4.69, 9.17) is 0 Å². The van der Waals surface area contributed by atoms with E-state index >= 15 is 0 Å². The highest BCUT2D eigenvalue weighted by atomic mass is 16.3. The predicted molar refractivity (Wildman–Crippen MR) is 68.1 cm³/mol. The zero-order valence-corrected chi connectivity index (χ0v) is 10.4. The van der Waals surface area contributed by atoms with Crippen LogP contribution in [0.4, 0.5) is 0 Å². The molecule has 17 heavy (non-hydrogen) atoms. The molecular formula is C14H21NO2. The number of likely N-dealkylation sites (tertiary alicyclic amines) is 1. The average Bonchev–Trinajstić information content (AvgIpc) is 2.80. The maximum atomic E-state index is 10.0. The molecule has 1 aliphatic rings. The first-order valence-electron chi connectivity index (χ1n) is 6.37. The molecule has 1 aliphatic heterocycles. The molecule has 1 heterocycles. The first kappa shape index (κ1) is 12.4. The largest absolute Gasteiger partial charge is 0.508 e. The number of rotatable bonds is 4. The summed E-state index contributed by atoms with van der Waals surface area (Å²) in [5, 5.41) is 19.3. The van der Waals surface area contributed by atoms with Gasteiger partial charge in [-0.3, -0.25) is 4.90 Å². The monoisotopic (exact) mass is 235 g/mol. The van der Waals surface area contributed by atoms with Gasteiger partial charge < -0.3 is 10.2 Å². The van der Waals surface area contributed by atoms with Gasteiger partial charge in [0.25, 0.3) is 0 Å². The minimum Gasteiger partial charge on any atom is -0.508 e.